The Hall–Kier alpha value is 0.310. The first-order valence-electron chi connectivity index (χ1n) is 7.99. The number of likely N-dealkylation sites (N-methyl/N-ethyl adjacent to an activating group) is 1. The van der Waals surface area contributed by atoms with Gasteiger partial charge in [0.25, 0.3) is 0 Å². The molecule has 21 heavy (non-hydrogen) atoms. The van der Waals surface area contributed by atoms with Gasteiger partial charge in [-0.1, -0.05) is 0 Å². The fourth-order valence-electron chi connectivity index (χ4n) is 3.00. The highest BCUT2D eigenvalue weighted by Crippen LogP contribution is 2.37. The van der Waals surface area contributed by atoms with Gasteiger partial charge in [0.2, 0.25) is 0 Å². The number of hydrogen-bond acceptors (Lipinski definition) is 3. The van der Waals surface area contributed by atoms with E-state index in [-0.39, 0.29) is 24.0 Å². The summed E-state index contributed by atoms with van der Waals surface area (Å²) in [4.78, 5) is 7.26. The summed E-state index contributed by atoms with van der Waals surface area (Å²) in [5, 5.41) is 6.90. The topological polar surface area (TPSA) is 39.7 Å². The molecule has 2 aliphatic rings. The van der Waals surface area contributed by atoms with Crippen LogP contribution >= 0.6 is 35.7 Å². The summed E-state index contributed by atoms with van der Waals surface area (Å²) in [6.07, 6.45) is 5.27. The van der Waals surface area contributed by atoms with E-state index < -0.39 is 0 Å². The van der Waals surface area contributed by atoms with Crippen molar-refractivity contribution in [2.45, 2.75) is 50.3 Å². The van der Waals surface area contributed by atoms with Gasteiger partial charge in [-0.2, -0.15) is 11.8 Å². The van der Waals surface area contributed by atoms with Crippen LogP contribution in [-0.4, -0.2) is 60.6 Å². The second-order valence-corrected chi connectivity index (χ2v) is 7.94. The molecular formula is C15H31IN4S. The molecule has 2 unspecified atom stereocenters. The number of nitrogens with zero attached hydrogens (tertiary/aromatic N) is 2. The minimum Gasteiger partial charge on any atom is -0.357 e. The average molecular weight is 426 g/mol. The fraction of sp³-hybridized carbons (Fsp3) is 0.933. The Labute approximate surface area is 151 Å². The van der Waals surface area contributed by atoms with Gasteiger partial charge in [0.1, 0.15) is 0 Å². The maximum Gasteiger partial charge on any atom is 0.191 e. The van der Waals surface area contributed by atoms with Gasteiger partial charge < -0.3 is 15.5 Å². The third-order valence-corrected chi connectivity index (χ3v) is 5.92. The Morgan fingerprint density at radius 2 is 2.19 bits per heavy atom. The predicted octanol–water partition coefficient (Wildman–Crippen LogP) is 2.54. The van der Waals surface area contributed by atoms with Gasteiger partial charge in [-0.25, -0.2) is 0 Å². The first-order chi connectivity index (χ1) is 9.63. The maximum atomic E-state index is 4.81. The molecule has 0 radical (unpaired) electrons. The zero-order chi connectivity index (χ0) is 14.4. The second-order valence-electron chi connectivity index (χ2n) is 6.25. The van der Waals surface area contributed by atoms with E-state index in [1.54, 1.807) is 0 Å². The molecule has 2 heterocycles. The molecule has 0 aliphatic carbocycles. The van der Waals surface area contributed by atoms with Crippen LogP contribution in [0.4, 0.5) is 0 Å². The molecule has 2 N–H and O–H groups in total. The van der Waals surface area contributed by atoms with E-state index in [1.165, 1.54) is 38.0 Å². The first-order valence-corrected chi connectivity index (χ1v) is 8.98. The lowest BCUT2D eigenvalue weighted by molar-refractivity contribution is 0.309. The molecule has 2 atom stereocenters. The molecule has 0 aromatic heterocycles. The van der Waals surface area contributed by atoms with E-state index in [2.05, 4.69) is 48.2 Å². The number of hydrogen-bond donors (Lipinski definition) is 2. The standard InChI is InChI=1S/C15H30N4S.HI/c1-4-16-14(17-11-13-7-5-9-19(13)3)18-12-15(2)8-6-10-20-15;/h13H,4-12H2,1-3H3,(H2,16,17,18);1H. The zero-order valence-electron chi connectivity index (χ0n) is 13.7. The quantitative estimate of drug-likeness (QED) is 0.403. The third kappa shape index (κ3) is 6.14. The smallest absolute Gasteiger partial charge is 0.191 e. The maximum absolute atomic E-state index is 4.81. The summed E-state index contributed by atoms with van der Waals surface area (Å²) in [7, 11) is 2.22. The number of likely N-dealkylation sites (tertiary alicyclic amines) is 1. The van der Waals surface area contributed by atoms with Crippen LogP contribution in [0.2, 0.25) is 0 Å². The van der Waals surface area contributed by atoms with Crippen LogP contribution in [-0.2, 0) is 0 Å². The number of guanidine groups is 1. The van der Waals surface area contributed by atoms with Gasteiger partial charge in [0.15, 0.2) is 5.96 Å². The lowest BCUT2D eigenvalue weighted by Gasteiger charge is -2.23. The van der Waals surface area contributed by atoms with Crippen LogP contribution in [0, 0.1) is 0 Å². The SMILES string of the molecule is CCNC(=NCC1(C)CCCS1)NCC1CCCN1C.I. The largest absolute Gasteiger partial charge is 0.357 e. The molecule has 6 heteroatoms. The summed E-state index contributed by atoms with van der Waals surface area (Å²) in [6.45, 7) is 8.57. The molecule has 2 fully saturated rings. The lowest BCUT2D eigenvalue weighted by atomic mass is 10.1. The number of thioether (sulfide) groups is 1. The molecule has 0 saturated carbocycles. The highest BCUT2D eigenvalue weighted by atomic mass is 127. The van der Waals surface area contributed by atoms with E-state index in [0.717, 1.165) is 25.6 Å². The van der Waals surface area contributed by atoms with Crippen molar-refractivity contribution in [3.8, 4) is 0 Å². The van der Waals surface area contributed by atoms with E-state index >= 15 is 0 Å². The molecule has 2 saturated heterocycles. The number of aliphatic imine (C=N–C) groups is 1. The molecule has 4 nitrogen and oxygen atoms in total. The Morgan fingerprint density at radius 1 is 1.38 bits per heavy atom. The summed E-state index contributed by atoms with van der Waals surface area (Å²) < 4.78 is 0.354. The van der Waals surface area contributed by atoms with Gasteiger partial charge >= 0.3 is 0 Å². The van der Waals surface area contributed by atoms with Crippen LogP contribution < -0.4 is 10.6 Å². The molecule has 0 aromatic rings. The average Bonchev–Trinajstić information content (AvgIpc) is 3.03. The molecule has 2 rings (SSSR count). The number of halogens is 1. The molecule has 2 aliphatic heterocycles. The molecule has 124 valence electrons. The Balaban J connectivity index is 0.00000220. The molecular weight excluding hydrogens is 395 g/mol. The summed E-state index contributed by atoms with van der Waals surface area (Å²) in [5.41, 5.74) is 0. The van der Waals surface area contributed by atoms with Crippen LogP contribution in [0.3, 0.4) is 0 Å². The number of nitrogens with one attached hydrogen (secondary N) is 2. The van der Waals surface area contributed by atoms with E-state index in [4.69, 9.17) is 4.99 Å². The molecule has 0 bridgehead atoms. The van der Waals surface area contributed by atoms with Crippen molar-refractivity contribution in [1.29, 1.82) is 0 Å². The van der Waals surface area contributed by atoms with Crippen molar-refractivity contribution in [2.75, 3.05) is 39.0 Å². The van der Waals surface area contributed by atoms with Crippen LogP contribution in [0.1, 0.15) is 39.5 Å². The van der Waals surface area contributed by atoms with Gasteiger partial charge in [0.05, 0.1) is 6.54 Å². The van der Waals surface area contributed by atoms with Gasteiger partial charge in [0, 0.05) is 23.9 Å². The minimum atomic E-state index is 0. The summed E-state index contributed by atoms with van der Waals surface area (Å²) >= 11 is 2.08. The normalized spacial score (nSPS) is 30.2. The first kappa shape index (κ1) is 19.4. The van der Waals surface area contributed by atoms with Crippen molar-refractivity contribution in [1.82, 2.24) is 15.5 Å². The second kappa shape index (κ2) is 9.45. The van der Waals surface area contributed by atoms with Crippen molar-refractivity contribution >= 4 is 41.7 Å². The van der Waals surface area contributed by atoms with Crippen LogP contribution in [0.5, 0.6) is 0 Å². The fourth-order valence-corrected chi connectivity index (χ4v) is 4.23. The van der Waals surface area contributed by atoms with Gasteiger partial charge in [-0.3, -0.25) is 4.99 Å². The lowest BCUT2D eigenvalue weighted by Crippen LogP contribution is -2.44. The summed E-state index contributed by atoms with van der Waals surface area (Å²) in [5.74, 6) is 2.28. The molecule has 0 spiro atoms. The predicted molar refractivity (Wildman–Crippen MR) is 105 cm³/mol. The van der Waals surface area contributed by atoms with Gasteiger partial charge in [-0.15, -0.1) is 24.0 Å². The highest BCUT2D eigenvalue weighted by molar-refractivity contribution is 14.0. The van der Waals surface area contributed by atoms with Crippen molar-refractivity contribution < 1.29 is 0 Å². The van der Waals surface area contributed by atoms with E-state index in [0.29, 0.717) is 10.8 Å². The minimum absolute atomic E-state index is 0. The van der Waals surface area contributed by atoms with Crippen molar-refractivity contribution in [3.63, 3.8) is 0 Å². The van der Waals surface area contributed by atoms with Crippen molar-refractivity contribution in [2.24, 2.45) is 4.99 Å². The highest BCUT2D eigenvalue weighted by Gasteiger charge is 2.29. The van der Waals surface area contributed by atoms with Crippen LogP contribution in [0.25, 0.3) is 0 Å². The Bertz CT molecular complexity index is 332. The van der Waals surface area contributed by atoms with E-state index in [1.807, 2.05) is 0 Å². The summed E-state index contributed by atoms with van der Waals surface area (Å²) in [6, 6.07) is 0.662. The Morgan fingerprint density at radius 3 is 2.76 bits per heavy atom. The molecule has 0 amide bonds. The zero-order valence-corrected chi connectivity index (χ0v) is 16.8. The number of rotatable bonds is 5. The third-order valence-electron chi connectivity index (χ3n) is 4.39. The van der Waals surface area contributed by atoms with Gasteiger partial charge in [-0.05, 0) is 58.9 Å². The Kier molecular flexibility index (Phi) is 8.71. The molecule has 0 aromatic carbocycles. The van der Waals surface area contributed by atoms with Crippen LogP contribution in [0.15, 0.2) is 4.99 Å². The van der Waals surface area contributed by atoms with E-state index in [9.17, 15) is 0 Å². The van der Waals surface area contributed by atoms with Crippen molar-refractivity contribution in [3.05, 3.63) is 0 Å². The monoisotopic (exact) mass is 426 g/mol.